The molecule has 4 nitrogen and oxygen atoms in total. The number of carbonyl (C=O) groups is 1. The number of amides is 1. The molecular weight excluding hydrogens is 320 g/mol. The molecule has 0 saturated carbocycles. The van der Waals surface area contributed by atoms with Crippen LogP contribution in [0.5, 0.6) is 0 Å². The second kappa shape index (κ2) is 8.31. The van der Waals surface area contributed by atoms with Crippen LogP contribution in [0.15, 0.2) is 59.8 Å². The maximum atomic E-state index is 12.9. The highest BCUT2D eigenvalue weighted by molar-refractivity contribution is 8.00. The van der Waals surface area contributed by atoms with Crippen molar-refractivity contribution in [3.05, 3.63) is 60.3 Å². The standard InChI is InChI=1S/C19H24N2O2S/c1-15(24-17-11-7-8-12-20-17)18(22)21(14-19(2,3)23)13-16-9-5-4-6-10-16/h4-12,15,23H,13-14H2,1-3H3. The lowest BCUT2D eigenvalue weighted by atomic mass is 10.1. The highest BCUT2D eigenvalue weighted by Gasteiger charge is 2.27. The fourth-order valence-corrected chi connectivity index (χ4v) is 3.28. The van der Waals surface area contributed by atoms with Crippen molar-refractivity contribution in [2.75, 3.05) is 6.54 Å². The summed E-state index contributed by atoms with van der Waals surface area (Å²) in [5, 5.41) is 10.7. The fourth-order valence-electron chi connectivity index (χ4n) is 2.39. The highest BCUT2D eigenvalue weighted by atomic mass is 32.2. The van der Waals surface area contributed by atoms with Crippen molar-refractivity contribution in [3.8, 4) is 0 Å². The van der Waals surface area contributed by atoms with Gasteiger partial charge in [0.05, 0.1) is 15.9 Å². The van der Waals surface area contributed by atoms with Gasteiger partial charge < -0.3 is 10.0 Å². The smallest absolute Gasteiger partial charge is 0.236 e. The molecule has 0 aliphatic rings. The molecule has 0 fully saturated rings. The normalized spacial score (nSPS) is 12.7. The van der Waals surface area contributed by atoms with E-state index < -0.39 is 5.60 Å². The molecule has 1 N–H and O–H groups in total. The lowest BCUT2D eigenvalue weighted by Gasteiger charge is -2.31. The summed E-state index contributed by atoms with van der Waals surface area (Å²) in [6.45, 7) is 6.08. The Bertz CT molecular complexity index is 641. The molecule has 0 radical (unpaired) electrons. The number of aliphatic hydroxyl groups is 1. The molecule has 5 heteroatoms. The number of carbonyl (C=O) groups excluding carboxylic acids is 1. The van der Waals surface area contributed by atoms with Crippen molar-refractivity contribution in [3.63, 3.8) is 0 Å². The molecule has 2 aromatic rings. The second-order valence-electron chi connectivity index (χ2n) is 6.42. The Hall–Kier alpha value is -1.85. The van der Waals surface area contributed by atoms with Crippen molar-refractivity contribution < 1.29 is 9.90 Å². The predicted octanol–water partition coefficient (Wildman–Crippen LogP) is 3.36. The average Bonchev–Trinajstić information content (AvgIpc) is 2.54. The van der Waals surface area contributed by atoms with E-state index in [4.69, 9.17) is 0 Å². The minimum Gasteiger partial charge on any atom is -0.389 e. The zero-order valence-corrected chi connectivity index (χ0v) is 15.2. The summed E-state index contributed by atoms with van der Waals surface area (Å²) in [4.78, 5) is 18.9. The van der Waals surface area contributed by atoms with Crippen LogP contribution in [-0.4, -0.2) is 38.3 Å². The van der Waals surface area contributed by atoms with E-state index in [0.29, 0.717) is 6.54 Å². The van der Waals surface area contributed by atoms with Gasteiger partial charge >= 0.3 is 0 Å². The number of pyridine rings is 1. The van der Waals surface area contributed by atoms with Crippen LogP contribution in [0.2, 0.25) is 0 Å². The van der Waals surface area contributed by atoms with Crippen molar-refractivity contribution in [2.24, 2.45) is 0 Å². The summed E-state index contributed by atoms with van der Waals surface area (Å²) in [5.41, 5.74) is 0.102. The molecule has 1 aromatic carbocycles. The minimum atomic E-state index is -0.945. The second-order valence-corrected chi connectivity index (χ2v) is 7.78. The van der Waals surface area contributed by atoms with Gasteiger partial charge in [-0.1, -0.05) is 48.2 Å². The van der Waals surface area contributed by atoms with E-state index in [-0.39, 0.29) is 17.7 Å². The minimum absolute atomic E-state index is 0.00312. The largest absolute Gasteiger partial charge is 0.389 e. The van der Waals surface area contributed by atoms with E-state index in [1.54, 1.807) is 24.9 Å². The van der Waals surface area contributed by atoms with Gasteiger partial charge in [0.1, 0.15) is 0 Å². The molecule has 1 unspecified atom stereocenters. The number of nitrogens with zero attached hydrogens (tertiary/aromatic N) is 2. The first-order valence-electron chi connectivity index (χ1n) is 7.98. The zero-order valence-electron chi connectivity index (χ0n) is 14.3. The SMILES string of the molecule is CC(Sc1ccccn1)C(=O)N(Cc1ccccc1)CC(C)(C)O. The lowest BCUT2D eigenvalue weighted by molar-refractivity contribution is -0.134. The van der Waals surface area contributed by atoms with Gasteiger partial charge in [0, 0.05) is 19.3 Å². The lowest BCUT2D eigenvalue weighted by Crippen LogP contribution is -2.44. The van der Waals surface area contributed by atoms with Crippen LogP contribution in [-0.2, 0) is 11.3 Å². The highest BCUT2D eigenvalue weighted by Crippen LogP contribution is 2.23. The number of hydrogen-bond acceptors (Lipinski definition) is 4. The Morgan fingerprint density at radius 1 is 1.21 bits per heavy atom. The molecule has 1 amide bonds. The predicted molar refractivity (Wildman–Crippen MR) is 97.7 cm³/mol. The van der Waals surface area contributed by atoms with Gasteiger partial charge in [-0.2, -0.15) is 0 Å². The molecular formula is C19H24N2O2S. The summed E-state index contributed by atoms with van der Waals surface area (Å²) >= 11 is 1.43. The molecule has 0 bridgehead atoms. The van der Waals surface area contributed by atoms with Crippen molar-refractivity contribution in [2.45, 2.75) is 43.2 Å². The van der Waals surface area contributed by atoms with Gasteiger partial charge in [-0.05, 0) is 38.5 Å². The van der Waals surface area contributed by atoms with Gasteiger partial charge in [0.15, 0.2) is 0 Å². The fraction of sp³-hybridized carbons (Fsp3) is 0.368. The third kappa shape index (κ3) is 5.98. The topological polar surface area (TPSA) is 53.4 Å². The number of aromatic nitrogens is 1. The third-order valence-electron chi connectivity index (χ3n) is 3.39. The van der Waals surface area contributed by atoms with Crippen LogP contribution in [0.3, 0.4) is 0 Å². The van der Waals surface area contributed by atoms with Crippen molar-refractivity contribution in [1.29, 1.82) is 0 Å². The summed E-state index contributed by atoms with van der Waals surface area (Å²) in [5.74, 6) is -0.00312. The molecule has 1 aromatic heterocycles. The summed E-state index contributed by atoms with van der Waals surface area (Å²) in [6.07, 6.45) is 1.72. The molecule has 24 heavy (non-hydrogen) atoms. The van der Waals surface area contributed by atoms with Crippen LogP contribution < -0.4 is 0 Å². The summed E-state index contributed by atoms with van der Waals surface area (Å²) < 4.78 is 0. The molecule has 0 aliphatic heterocycles. The summed E-state index contributed by atoms with van der Waals surface area (Å²) in [6, 6.07) is 15.5. The van der Waals surface area contributed by atoms with Gasteiger partial charge in [-0.25, -0.2) is 4.98 Å². The first-order chi connectivity index (χ1) is 11.3. The Morgan fingerprint density at radius 3 is 2.46 bits per heavy atom. The van der Waals surface area contributed by atoms with Crippen molar-refractivity contribution >= 4 is 17.7 Å². The first kappa shape index (κ1) is 18.5. The maximum Gasteiger partial charge on any atom is 0.236 e. The first-order valence-corrected chi connectivity index (χ1v) is 8.86. The molecule has 0 spiro atoms. The average molecular weight is 344 g/mol. The van der Waals surface area contributed by atoms with Crippen LogP contribution in [0, 0.1) is 0 Å². The molecule has 1 atom stereocenters. The Balaban J connectivity index is 2.11. The Labute approximate surface area is 147 Å². The van der Waals surface area contributed by atoms with E-state index in [1.165, 1.54) is 11.8 Å². The number of benzene rings is 1. The quantitative estimate of drug-likeness (QED) is 0.783. The molecule has 0 saturated heterocycles. The maximum absolute atomic E-state index is 12.9. The Morgan fingerprint density at radius 2 is 1.88 bits per heavy atom. The van der Waals surface area contributed by atoms with E-state index in [0.717, 1.165) is 10.6 Å². The van der Waals surface area contributed by atoms with Crippen molar-refractivity contribution in [1.82, 2.24) is 9.88 Å². The molecule has 128 valence electrons. The Kier molecular flexibility index (Phi) is 6.40. The summed E-state index contributed by atoms with van der Waals surface area (Å²) in [7, 11) is 0. The van der Waals surface area contributed by atoms with Gasteiger partial charge in [0.2, 0.25) is 5.91 Å². The molecule has 2 rings (SSSR count). The molecule has 0 aliphatic carbocycles. The van der Waals surface area contributed by atoms with E-state index in [9.17, 15) is 9.90 Å². The van der Waals surface area contributed by atoms with Crippen LogP contribution >= 0.6 is 11.8 Å². The van der Waals surface area contributed by atoms with Gasteiger partial charge in [-0.15, -0.1) is 0 Å². The number of thioether (sulfide) groups is 1. The van der Waals surface area contributed by atoms with Gasteiger partial charge in [0.25, 0.3) is 0 Å². The number of hydrogen-bond donors (Lipinski definition) is 1. The van der Waals surface area contributed by atoms with Crippen LogP contribution in [0.25, 0.3) is 0 Å². The number of rotatable bonds is 7. The van der Waals surface area contributed by atoms with E-state index >= 15 is 0 Å². The van der Waals surface area contributed by atoms with Crippen LogP contribution in [0.1, 0.15) is 26.3 Å². The third-order valence-corrected chi connectivity index (χ3v) is 4.43. The molecule has 1 heterocycles. The van der Waals surface area contributed by atoms with Crippen LogP contribution in [0.4, 0.5) is 0 Å². The van der Waals surface area contributed by atoms with Gasteiger partial charge in [-0.3, -0.25) is 4.79 Å². The zero-order chi connectivity index (χ0) is 17.6. The van der Waals surface area contributed by atoms with E-state index in [2.05, 4.69) is 4.98 Å². The van der Waals surface area contributed by atoms with E-state index in [1.807, 2.05) is 55.5 Å². The monoisotopic (exact) mass is 344 g/mol.